The Labute approximate surface area is 157 Å². The molecule has 0 bridgehead atoms. The van der Waals surface area contributed by atoms with E-state index in [1.807, 2.05) is 35.8 Å². The van der Waals surface area contributed by atoms with Gasteiger partial charge in [-0.2, -0.15) is 5.10 Å². The lowest BCUT2D eigenvalue weighted by Crippen LogP contribution is -2.24. The van der Waals surface area contributed by atoms with Crippen molar-refractivity contribution in [3.63, 3.8) is 0 Å². The van der Waals surface area contributed by atoms with Gasteiger partial charge in [0, 0.05) is 41.5 Å². The maximum atomic E-state index is 13.7. The molecule has 1 aliphatic heterocycles. The van der Waals surface area contributed by atoms with Crippen molar-refractivity contribution in [1.29, 1.82) is 0 Å². The molecule has 3 nitrogen and oxygen atoms in total. The number of aryl methyl sites for hydroxylation is 1. The molecule has 0 radical (unpaired) electrons. The molecule has 4 rings (SSSR count). The number of thioether (sulfide) groups is 1. The average molecular weight is 367 g/mol. The number of nitrogens with zero attached hydrogens (tertiary/aromatic N) is 3. The predicted molar refractivity (Wildman–Crippen MR) is 105 cm³/mol. The Morgan fingerprint density at radius 3 is 2.81 bits per heavy atom. The molecular formula is C21H22FN3S. The lowest BCUT2D eigenvalue weighted by atomic mass is 10.1. The Morgan fingerprint density at radius 1 is 1.19 bits per heavy atom. The van der Waals surface area contributed by atoms with Gasteiger partial charge in [-0.05, 0) is 43.2 Å². The van der Waals surface area contributed by atoms with Gasteiger partial charge in [0.05, 0.1) is 11.9 Å². The Kier molecular flexibility index (Phi) is 4.72. The Hall–Kier alpha value is -2.27. The molecule has 134 valence electrons. The number of anilines is 1. The Morgan fingerprint density at radius 2 is 2.04 bits per heavy atom. The van der Waals surface area contributed by atoms with E-state index in [4.69, 9.17) is 0 Å². The van der Waals surface area contributed by atoms with Gasteiger partial charge in [-0.25, -0.2) is 4.39 Å². The molecule has 5 heteroatoms. The highest BCUT2D eigenvalue weighted by Crippen LogP contribution is 2.45. The molecule has 1 aromatic heterocycles. The van der Waals surface area contributed by atoms with Crippen molar-refractivity contribution >= 4 is 17.4 Å². The minimum Gasteiger partial charge on any atom is -0.366 e. The maximum absolute atomic E-state index is 13.7. The maximum Gasteiger partial charge on any atom is 0.123 e. The summed E-state index contributed by atoms with van der Waals surface area (Å²) in [5.74, 6) is -0.163. The van der Waals surface area contributed by atoms with Crippen LogP contribution in [0.25, 0.3) is 0 Å². The van der Waals surface area contributed by atoms with Crippen LogP contribution in [-0.4, -0.2) is 16.3 Å². The molecule has 0 spiro atoms. The van der Waals surface area contributed by atoms with E-state index in [0.29, 0.717) is 0 Å². The van der Waals surface area contributed by atoms with Gasteiger partial charge >= 0.3 is 0 Å². The zero-order valence-electron chi connectivity index (χ0n) is 15.0. The average Bonchev–Trinajstić information content (AvgIpc) is 2.86. The minimum absolute atomic E-state index is 0.163. The van der Waals surface area contributed by atoms with Crippen LogP contribution in [0.3, 0.4) is 0 Å². The van der Waals surface area contributed by atoms with E-state index in [1.165, 1.54) is 27.9 Å². The molecule has 0 N–H and O–H groups in total. The second kappa shape index (κ2) is 7.16. The Bertz CT molecular complexity index is 921. The number of benzene rings is 2. The summed E-state index contributed by atoms with van der Waals surface area (Å²) in [4.78, 5) is 3.67. The van der Waals surface area contributed by atoms with E-state index in [2.05, 4.69) is 41.2 Å². The summed E-state index contributed by atoms with van der Waals surface area (Å²) in [5, 5.41) is 4.63. The lowest BCUT2D eigenvalue weighted by Gasteiger charge is -2.24. The van der Waals surface area contributed by atoms with Crippen molar-refractivity contribution in [3.8, 4) is 0 Å². The van der Waals surface area contributed by atoms with Crippen molar-refractivity contribution in [3.05, 3.63) is 77.4 Å². The smallest absolute Gasteiger partial charge is 0.123 e. The van der Waals surface area contributed by atoms with Gasteiger partial charge in [-0.3, -0.25) is 4.68 Å². The molecule has 1 aliphatic rings. The molecule has 0 unspecified atom stereocenters. The standard InChI is InChI=1S/C21H22FN3S/c1-15-17(13-23-24(15)2)14-25-11-10-20(16-6-5-7-18(22)12-16)26-21-9-4-3-8-19(21)25/h3-9,12-13,20H,10-11,14H2,1-2H3/t20-/m1/s1. The van der Waals surface area contributed by atoms with Crippen LogP contribution in [0, 0.1) is 12.7 Å². The highest BCUT2D eigenvalue weighted by Gasteiger charge is 2.24. The van der Waals surface area contributed by atoms with E-state index in [0.717, 1.165) is 25.1 Å². The Balaban J connectivity index is 1.65. The van der Waals surface area contributed by atoms with E-state index >= 15 is 0 Å². The summed E-state index contributed by atoms with van der Waals surface area (Å²) in [5.41, 5.74) is 4.75. The van der Waals surface area contributed by atoms with Crippen LogP contribution >= 0.6 is 11.8 Å². The largest absolute Gasteiger partial charge is 0.366 e. The fraction of sp³-hybridized carbons (Fsp3) is 0.286. The summed E-state index contributed by atoms with van der Waals surface area (Å²) < 4.78 is 15.6. The monoisotopic (exact) mass is 367 g/mol. The number of rotatable bonds is 3. The van der Waals surface area contributed by atoms with Gasteiger partial charge in [-0.1, -0.05) is 24.3 Å². The quantitative estimate of drug-likeness (QED) is 0.642. The van der Waals surface area contributed by atoms with Gasteiger partial charge < -0.3 is 4.90 Å². The van der Waals surface area contributed by atoms with Crippen LogP contribution < -0.4 is 4.90 Å². The molecule has 0 aliphatic carbocycles. The first-order valence-electron chi connectivity index (χ1n) is 8.85. The van der Waals surface area contributed by atoms with Gasteiger partial charge in [0.2, 0.25) is 0 Å². The van der Waals surface area contributed by atoms with E-state index in [1.54, 1.807) is 12.1 Å². The van der Waals surface area contributed by atoms with E-state index in [9.17, 15) is 4.39 Å². The third kappa shape index (κ3) is 3.36. The number of hydrogen-bond acceptors (Lipinski definition) is 3. The van der Waals surface area contributed by atoms with Gasteiger partial charge in [0.15, 0.2) is 0 Å². The van der Waals surface area contributed by atoms with Crippen molar-refractivity contribution in [2.45, 2.75) is 30.0 Å². The molecule has 3 aromatic rings. The van der Waals surface area contributed by atoms with Crippen molar-refractivity contribution < 1.29 is 4.39 Å². The molecule has 2 aromatic carbocycles. The SMILES string of the molecule is Cc1c(CN2CC[C@H](c3cccc(F)c3)Sc3ccccc32)cnn1C. The molecule has 0 saturated carbocycles. The minimum atomic E-state index is -0.163. The lowest BCUT2D eigenvalue weighted by molar-refractivity contribution is 0.623. The second-order valence-corrected chi connectivity index (χ2v) is 7.96. The van der Waals surface area contributed by atoms with Crippen molar-refractivity contribution in [2.24, 2.45) is 7.05 Å². The zero-order valence-corrected chi connectivity index (χ0v) is 15.8. The summed E-state index contributed by atoms with van der Waals surface area (Å²) >= 11 is 1.83. The van der Waals surface area contributed by atoms with E-state index in [-0.39, 0.29) is 11.1 Å². The van der Waals surface area contributed by atoms with Crippen molar-refractivity contribution in [1.82, 2.24) is 9.78 Å². The first-order valence-corrected chi connectivity index (χ1v) is 9.73. The summed E-state index contributed by atoms with van der Waals surface area (Å²) in [6, 6.07) is 15.5. The first-order chi connectivity index (χ1) is 12.6. The van der Waals surface area contributed by atoms with Crippen LogP contribution in [0.15, 0.2) is 59.6 Å². The van der Waals surface area contributed by atoms with Crippen LogP contribution in [-0.2, 0) is 13.6 Å². The number of aromatic nitrogens is 2. The highest BCUT2D eigenvalue weighted by molar-refractivity contribution is 7.99. The van der Waals surface area contributed by atoms with Crippen LogP contribution in [0.4, 0.5) is 10.1 Å². The topological polar surface area (TPSA) is 21.1 Å². The van der Waals surface area contributed by atoms with Gasteiger partial charge in [-0.15, -0.1) is 11.8 Å². The van der Waals surface area contributed by atoms with Crippen LogP contribution in [0.5, 0.6) is 0 Å². The predicted octanol–water partition coefficient (Wildman–Crippen LogP) is 5.11. The number of para-hydroxylation sites is 1. The third-order valence-electron chi connectivity index (χ3n) is 5.05. The van der Waals surface area contributed by atoms with Crippen LogP contribution in [0.2, 0.25) is 0 Å². The zero-order chi connectivity index (χ0) is 18.1. The molecule has 2 heterocycles. The van der Waals surface area contributed by atoms with Crippen molar-refractivity contribution in [2.75, 3.05) is 11.4 Å². The molecule has 26 heavy (non-hydrogen) atoms. The fourth-order valence-corrected chi connectivity index (χ4v) is 4.72. The van der Waals surface area contributed by atoms with Crippen LogP contribution in [0.1, 0.15) is 28.5 Å². The van der Waals surface area contributed by atoms with Gasteiger partial charge in [0.25, 0.3) is 0 Å². The molecule has 0 amide bonds. The fourth-order valence-electron chi connectivity index (χ4n) is 3.43. The summed E-state index contributed by atoms with van der Waals surface area (Å²) in [6.07, 6.45) is 2.93. The molecular weight excluding hydrogens is 345 g/mol. The molecule has 0 fully saturated rings. The number of halogens is 1. The first kappa shape index (κ1) is 17.2. The third-order valence-corrected chi connectivity index (χ3v) is 6.45. The van der Waals surface area contributed by atoms with E-state index < -0.39 is 0 Å². The molecule has 1 atom stereocenters. The summed E-state index contributed by atoms with van der Waals surface area (Å²) in [6.45, 7) is 3.88. The normalized spacial score (nSPS) is 17.0. The van der Waals surface area contributed by atoms with Gasteiger partial charge in [0.1, 0.15) is 5.82 Å². The summed E-state index contributed by atoms with van der Waals surface area (Å²) in [7, 11) is 1.98. The second-order valence-electron chi connectivity index (χ2n) is 6.72. The number of hydrogen-bond donors (Lipinski definition) is 0. The number of fused-ring (bicyclic) bond motifs is 1. The highest BCUT2D eigenvalue weighted by atomic mass is 32.2. The molecule has 0 saturated heterocycles.